The fourth-order valence-electron chi connectivity index (χ4n) is 3.87. The smallest absolute Gasteiger partial charge is 0.239 e. The molecule has 2 aliphatic heterocycles. The molecular weight excluding hydrogens is 413 g/mol. The van der Waals surface area contributed by atoms with Crippen LogP contribution in [0, 0.1) is 5.82 Å². The SMILES string of the molecule is CC1SCc2ncnc(N3CCN(C(=O)C(N)Cc4ccc(Cl)c(F)c4)CC3)c21. The Kier molecular flexibility index (Phi) is 5.94. The standard InChI is InChI=1S/C20H23ClFN5OS/c1-12-18-17(10-29-12)24-11-25-19(18)26-4-6-27(7-5-26)20(28)16(23)9-13-2-3-14(21)15(22)8-13/h2-3,8,11-12,16H,4-7,9-10,23H2,1H3. The Morgan fingerprint density at radius 3 is 2.83 bits per heavy atom. The van der Waals surface area contributed by atoms with Crippen molar-refractivity contribution in [1.82, 2.24) is 14.9 Å². The summed E-state index contributed by atoms with van der Waals surface area (Å²) in [5, 5.41) is 0.447. The summed E-state index contributed by atoms with van der Waals surface area (Å²) in [7, 11) is 0. The van der Waals surface area contributed by atoms with Gasteiger partial charge in [-0.25, -0.2) is 14.4 Å². The lowest BCUT2D eigenvalue weighted by Crippen LogP contribution is -2.54. The average molecular weight is 436 g/mol. The summed E-state index contributed by atoms with van der Waals surface area (Å²) < 4.78 is 13.6. The molecule has 4 rings (SSSR count). The fourth-order valence-corrected chi connectivity index (χ4v) is 5.04. The van der Waals surface area contributed by atoms with Gasteiger partial charge in [0.1, 0.15) is 18.0 Å². The molecule has 2 unspecified atom stereocenters. The number of nitrogens with two attached hydrogens (primary N) is 1. The van der Waals surface area contributed by atoms with E-state index in [9.17, 15) is 9.18 Å². The normalized spacial score (nSPS) is 19.9. The van der Waals surface area contributed by atoms with Gasteiger partial charge in [0.25, 0.3) is 0 Å². The number of aromatic nitrogens is 2. The Bertz CT molecular complexity index is 922. The van der Waals surface area contributed by atoms with Crippen LogP contribution in [0.1, 0.15) is 29.0 Å². The third-order valence-electron chi connectivity index (χ3n) is 5.47. The van der Waals surface area contributed by atoms with E-state index >= 15 is 0 Å². The number of piperazine rings is 1. The van der Waals surface area contributed by atoms with Crippen LogP contribution in [0.4, 0.5) is 10.2 Å². The number of amides is 1. The van der Waals surface area contributed by atoms with Crippen molar-refractivity contribution < 1.29 is 9.18 Å². The van der Waals surface area contributed by atoms with Gasteiger partial charge in [0.15, 0.2) is 0 Å². The predicted octanol–water partition coefficient (Wildman–Crippen LogP) is 2.80. The van der Waals surface area contributed by atoms with Gasteiger partial charge >= 0.3 is 0 Å². The van der Waals surface area contributed by atoms with E-state index in [0.29, 0.717) is 37.0 Å². The van der Waals surface area contributed by atoms with Crippen LogP contribution in [0.2, 0.25) is 5.02 Å². The van der Waals surface area contributed by atoms with Gasteiger partial charge in [-0.1, -0.05) is 17.7 Å². The maximum Gasteiger partial charge on any atom is 0.239 e. The highest BCUT2D eigenvalue weighted by Gasteiger charge is 2.30. The van der Waals surface area contributed by atoms with Crippen molar-refractivity contribution in [3.8, 4) is 0 Å². The predicted molar refractivity (Wildman–Crippen MR) is 114 cm³/mol. The third-order valence-corrected chi connectivity index (χ3v) is 6.95. The minimum absolute atomic E-state index is 0.0636. The van der Waals surface area contributed by atoms with Crippen molar-refractivity contribution in [2.45, 2.75) is 30.4 Å². The molecule has 1 aromatic carbocycles. The first-order valence-electron chi connectivity index (χ1n) is 9.62. The molecule has 0 spiro atoms. The molecule has 2 aromatic rings. The zero-order valence-corrected chi connectivity index (χ0v) is 17.7. The van der Waals surface area contributed by atoms with Crippen molar-refractivity contribution in [2.75, 3.05) is 31.1 Å². The molecule has 6 nitrogen and oxygen atoms in total. The first-order chi connectivity index (χ1) is 13.9. The lowest BCUT2D eigenvalue weighted by molar-refractivity contribution is -0.132. The number of hydrogen-bond donors (Lipinski definition) is 1. The second-order valence-electron chi connectivity index (χ2n) is 7.38. The highest BCUT2D eigenvalue weighted by Crippen LogP contribution is 2.44. The number of anilines is 1. The Balaban J connectivity index is 1.38. The minimum Gasteiger partial charge on any atom is -0.353 e. The van der Waals surface area contributed by atoms with E-state index in [1.54, 1.807) is 17.3 Å². The van der Waals surface area contributed by atoms with Gasteiger partial charge in [0, 0.05) is 42.7 Å². The fraction of sp³-hybridized carbons (Fsp3) is 0.450. The Labute approximate surface area is 178 Å². The van der Waals surface area contributed by atoms with Crippen molar-refractivity contribution >= 4 is 35.1 Å². The van der Waals surface area contributed by atoms with E-state index in [4.69, 9.17) is 17.3 Å². The molecule has 0 bridgehead atoms. The molecule has 1 saturated heterocycles. The molecule has 2 atom stereocenters. The zero-order chi connectivity index (χ0) is 20.5. The molecule has 1 fully saturated rings. The monoisotopic (exact) mass is 435 g/mol. The molecule has 0 radical (unpaired) electrons. The van der Waals surface area contributed by atoms with Gasteiger partial charge in [-0.15, -0.1) is 11.8 Å². The van der Waals surface area contributed by atoms with Gasteiger partial charge in [-0.3, -0.25) is 4.79 Å². The summed E-state index contributed by atoms with van der Waals surface area (Å²) in [4.78, 5) is 25.7. The summed E-state index contributed by atoms with van der Waals surface area (Å²) >= 11 is 7.58. The molecule has 2 aliphatic rings. The molecule has 9 heteroatoms. The molecular formula is C20H23ClFN5OS. The molecule has 154 valence electrons. The van der Waals surface area contributed by atoms with Crippen molar-refractivity contribution in [1.29, 1.82) is 0 Å². The summed E-state index contributed by atoms with van der Waals surface area (Å²) in [6.07, 6.45) is 1.91. The first kappa shape index (κ1) is 20.4. The van der Waals surface area contributed by atoms with Gasteiger partial charge in [0.2, 0.25) is 5.91 Å². The Morgan fingerprint density at radius 1 is 1.34 bits per heavy atom. The number of hydrogen-bond acceptors (Lipinski definition) is 6. The van der Waals surface area contributed by atoms with E-state index in [0.717, 1.165) is 17.3 Å². The maximum atomic E-state index is 13.6. The Morgan fingerprint density at radius 2 is 2.10 bits per heavy atom. The van der Waals surface area contributed by atoms with E-state index in [2.05, 4.69) is 21.8 Å². The highest BCUT2D eigenvalue weighted by atomic mass is 35.5. The van der Waals surface area contributed by atoms with Crippen LogP contribution in [0.3, 0.4) is 0 Å². The quantitative estimate of drug-likeness (QED) is 0.795. The first-order valence-corrected chi connectivity index (χ1v) is 11.1. The molecule has 3 heterocycles. The van der Waals surface area contributed by atoms with Gasteiger partial charge in [0.05, 0.1) is 16.8 Å². The lowest BCUT2D eigenvalue weighted by Gasteiger charge is -2.37. The summed E-state index contributed by atoms with van der Waals surface area (Å²) in [6, 6.07) is 3.82. The number of rotatable bonds is 4. The van der Waals surface area contributed by atoms with Crippen LogP contribution in [-0.2, 0) is 17.0 Å². The average Bonchev–Trinajstić information content (AvgIpc) is 3.11. The zero-order valence-electron chi connectivity index (χ0n) is 16.1. The number of benzene rings is 1. The molecule has 0 aliphatic carbocycles. The van der Waals surface area contributed by atoms with Crippen molar-refractivity contribution in [2.24, 2.45) is 5.73 Å². The third kappa shape index (κ3) is 4.20. The number of fused-ring (bicyclic) bond motifs is 1. The number of carbonyl (C=O) groups excluding carboxylic acids is 1. The van der Waals surface area contributed by atoms with E-state index in [1.807, 2.05) is 11.8 Å². The van der Waals surface area contributed by atoms with Crippen molar-refractivity contribution in [3.63, 3.8) is 0 Å². The lowest BCUT2D eigenvalue weighted by atomic mass is 10.0. The molecule has 1 amide bonds. The summed E-state index contributed by atoms with van der Waals surface area (Å²) in [5.41, 5.74) is 9.12. The summed E-state index contributed by atoms with van der Waals surface area (Å²) in [5.74, 6) is 1.30. The minimum atomic E-state index is -0.707. The van der Waals surface area contributed by atoms with Crippen LogP contribution in [0.5, 0.6) is 0 Å². The highest BCUT2D eigenvalue weighted by molar-refractivity contribution is 7.99. The number of halogens is 2. The number of thioether (sulfide) groups is 1. The summed E-state index contributed by atoms with van der Waals surface area (Å²) in [6.45, 7) is 4.76. The van der Waals surface area contributed by atoms with E-state index in [-0.39, 0.29) is 17.4 Å². The van der Waals surface area contributed by atoms with Crippen LogP contribution in [0.15, 0.2) is 24.5 Å². The van der Waals surface area contributed by atoms with Gasteiger partial charge < -0.3 is 15.5 Å². The Hall–Kier alpha value is -1.90. The largest absolute Gasteiger partial charge is 0.353 e. The topological polar surface area (TPSA) is 75.4 Å². The van der Waals surface area contributed by atoms with E-state index < -0.39 is 11.9 Å². The van der Waals surface area contributed by atoms with Crippen LogP contribution < -0.4 is 10.6 Å². The van der Waals surface area contributed by atoms with E-state index in [1.165, 1.54) is 17.7 Å². The van der Waals surface area contributed by atoms with Crippen LogP contribution in [-0.4, -0.2) is 53.0 Å². The van der Waals surface area contributed by atoms with Gasteiger partial charge in [-0.05, 0) is 31.0 Å². The van der Waals surface area contributed by atoms with Crippen molar-refractivity contribution in [3.05, 3.63) is 52.2 Å². The molecule has 29 heavy (non-hydrogen) atoms. The molecule has 1 aromatic heterocycles. The van der Waals surface area contributed by atoms with Gasteiger partial charge in [-0.2, -0.15) is 0 Å². The molecule has 2 N–H and O–H groups in total. The number of carbonyl (C=O) groups is 1. The molecule has 0 saturated carbocycles. The van der Waals surface area contributed by atoms with Crippen LogP contribution >= 0.6 is 23.4 Å². The second-order valence-corrected chi connectivity index (χ2v) is 9.12. The van der Waals surface area contributed by atoms with Crippen LogP contribution in [0.25, 0.3) is 0 Å². The second kappa shape index (κ2) is 8.45. The maximum absolute atomic E-state index is 13.6. The number of nitrogens with zero attached hydrogens (tertiary/aromatic N) is 4.